The predicted molar refractivity (Wildman–Crippen MR) is 211 cm³/mol. The van der Waals surface area contributed by atoms with Crippen LogP contribution in [0.1, 0.15) is 38.3 Å². The normalized spacial score (nSPS) is 12.5. The molecular formula is C47H41N. The Hall–Kier alpha value is -5.66. The zero-order valence-corrected chi connectivity index (χ0v) is 28.0. The van der Waals surface area contributed by atoms with Gasteiger partial charge < -0.3 is 4.90 Å². The molecule has 1 aliphatic rings. The fraction of sp³-hybridized carbons (Fsp3) is 0.106. The standard InChI is InChI=1S/C43H33N.C4H8/c1-2-27-44(38-23-19-30(20-24-38)36-17-15-34-13-11-32-7-3-5-9-40(32)42(34)28-36)39-25-21-31(22-26-39)37-18-16-35-14-12-33-8-4-6-10-41(33)43(35)29-37;1-3-4-2/h2-3,5-7,9-29H,4,8H2,1H3;3-4H,1-2H3/b27-2+;4-3-. The average Bonchev–Trinajstić information content (AvgIpc) is 3.16. The summed E-state index contributed by atoms with van der Waals surface area (Å²) in [6, 6.07) is 49.1. The third kappa shape index (κ3) is 6.20. The van der Waals surface area contributed by atoms with Crippen LogP contribution in [0.3, 0.4) is 0 Å². The summed E-state index contributed by atoms with van der Waals surface area (Å²) >= 11 is 0. The summed E-state index contributed by atoms with van der Waals surface area (Å²) in [6.45, 7) is 6.07. The van der Waals surface area contributed by atoms with Gasteiger partial charge in [0.25, 0.3) is 0 Å². The van der Waals surface area contributed by atoms with Crippen molar-refractivity contribution < 1.29 is 0 Å². The molecule has 0 heterocycles. The number of rotatable bonds is 5. The molecule has 7 aromatic rings. The van der Waals surface area contributed by atoms with Crippen molar-refractivity contribution in [3.8, 4) is 22.3 Å². The Kier molecular flexibility index (Phi) is 9.03. The molecule has 0 N–H and O–H groups in total. The van der Waals surface area contributed by atoms with Gasteiger partial charge in [0.05, 0.1) is 0 Å². The third-order valence-corrected chi connectivity index (χ3v) is 9.35. The zero-order chi connectivity index (χ0) is 32.9. The van der Waals surface area contributed by atoms with Gasteiger partial charge in [-0.1, -0.05) is 127 Å². The topological polar surface area (TPSA) is 3.24 Å². The Balaban J connectivity index is 0.000000865. The molecule has 0 aliphatic heterocycles. The van der Waals surface area contributed by atoms with Gasteiger partial charge in [-0.3, -0.25) is 0 Å². The van der Waals surface area contributed by atoms with Crippen LogP contribution in [0.2, 0.25) is 0 Å². The van der Waals surface area contributed by atoms with E-state index in [1.165, 1.54) is 65.7 Å². The van der Waals surface area contributed by atoms with Gasteiger partial charge in [0.1, 0.15) is 0 Å². The van der Waals surface area contributed by atoms with Crippen LogP contribution in [0, 0.1) is 0 Å². The molecule has 0 aromatic heterocycles. The van der Waals surface area contributed by atoms with Crippen LogP contribution in [-0.2, 0) is 6.42 Å². The number of fused-ring (bicyclic) bond motifs is 6. The second-order valence-electron chi connectivity index (χ2n) is 12.4. The molecular weight excluding hydrogens is 579 g/mol. The van der Waals surface area contributed by atoms with Gasteiger partial charge in [-0.15, -0.1) is 0 Å². The molecule has 0 saturated carbocycles. The quantitative estimate of drug-likeness (QED) is 0.137. The first-order chi connectivity index (χ1) is 23.7. The molecule has 8 rings (SSSR count). The van der Waals surface area contributed by atoms with Gasteiger partial charge in [-0.25, -0.2) is 0 Å². The van der Waals surface area contributed by atoms with Crippen molar-refractivity contribution in [3.63, 3.8) is 0 Å². The van der Waals surface area contributed by atoms with E-state index in [-0.39, 0.29) is 0 Å². The lowest BCUT2D eigenvalue weighted by molar-refractivity contribution is 0.990. The highest BCUT2D eigenvalue weighted by atomic mass is 15.1. The highest BCUT2D eigenvalue weighted by molar-refractivity contribution is 6.08. The second-order valence-corrected chi connectivity index (χ2v) is 12.4. The van der Waals surface area contributed by atoms with E-state index in [1.807, 2.05) is 26.0 Å². The molecule has 0 unspecified atom stereocenters. The summed E-state index contributed by atoms with van der Waals surface area (Å²) < 4.78 is 0. The van der Waals surface area contributed by atoms with Crippen molar-refractivity contribution in [2.24, 2.45) is 0 Å². The van der Waals surface area contributed by atoms with Crippen molar-refractivity contribution >= 4 is 49.8 Å². The third-order valence-electron chi connectivity index (χ3n) is 9.35. The maximum atomic E-state index is 2.36. The summed E-state index contributed by atoms with van der Waals surface area (Å²) in [7, 11) is 0. The average molecular weight is 620 g/mol. The van der Waals surface area contributed by atoms with E-state index in [2.05, 4.69) is 170 Å². The molecule has 48 heavy (non-hydrogen) atoms. The minimum Gasteiger partial charge on any atom is -0.318 e. The number of aryl methyl sites for hydroxylation is 1. The number of anilines is 2. The van der Waals surface area contributed by atoms with Crippen molar-refractivity contribution in [3.05, 3.63) is 175 Å². The Morgan fingerprint density at radius 2 is 1.00 bits per heavy atom. The SMILES string of the molecule is C/C=C/N(c1ccc(-c2ccc3ccc4c(c3c2)C=CCC4)cc1)c1ccc(-c2ccc3ccc4ccccc4c3c2)cc1.C/C=C\C. The maximum absolute atomic E-state index is 2.36. The fourth-order valence-corrected chi connectivity index (χ4v) is 6.70. The smallest absolute Gasteiger partial charge is 0.0455 e. The maximum Gasteiger partial charge on any atom is 0.0455 e. The minimum absolute atomic E-state index is 1.13. The number of nitrogens with zero attached hydrogens (tertiary/aromatic N) is 1. The van der Waals surface area contributed by atoms with Crippen LogP contribution < -0.4 is 4.90 Å². The summed E-state index contributed by atoms with van der Waals surface area (Å²) in [6.07, 6.45) is 15.1. The first-order valence-corrected chi connectivity index (χ1v) is 17.0. The van der Waals surface area contributed by atoms with Crippen molar-refractivity contribution in [2.75, 3.05) is 4.90 Å². The van der Waals surface area contributed by atoms with Gasteiger partial charge in [-0.2, -0.15) is 0 Å². The molecule has 0 radical (unpaired) electrons. The van der Waals surface area contributed by atoms with E-state index in [4.69, 9.17) is 0 Å². The minimum atomic E-state index is 1.13. The monoisotopic (exact) mass is 619 g/mol. The van der Waals surface area contributed by atoms with Crippen molar-refractivity contribution in [1.29, 1.82) is 0 Å². The largest absolute Gasteiger partial charge is 0.318 e. The Labute approximate surface area is 284 Å². The molecule has 1 nitrogen and oxygen atoms in total. The van der Waals surface area contributed by atoms with E-state index in [0.717, 1.165) is 24.2 Å². The molecule has 7 aromatic carbocycles. The van der Waals surface area contributed by atoms with Crippen LogP contribution in [0.5, 0.6) is 0 Å². The molecule has 0 fully saturated rings. The molecule has 234 valence electrons. The van der Waals surface area contributed by atoms with Crippen LogP contribution in [-0.4, -0.2) is 0 Å². The van der Waals surface area contributed by atoms with E-state index >= 15 is 0 Å². The summed E-state index contributed by atoms with van der Waals surface area (Å²) in [5.41, 5.74) is 10.0. The van der Waals surface area contributed by atoms with Crippen LogP contribution >= 0.6 is 0 Å². The molecule has 0 spiro atoms. The second kappa shape index (κ2) is 14.0. The first kappa shape index (κ1) is 31.0. The number of hydrogen-bond acceptors (Lipinski definition) is 1. The lowest BCUT2D eigenvalue weighted by Gasteiger charge is -2.22. The number of hydrogen-bond donors (Lipinski definition) is 0. The molecule has 1 aliphatic carbocycles. The van der Waals surface area contributed by atoms with Crippen molar-refractivity contribution in [1.82, 2.24) is 0 Å². The van der Waals surface area contributed by atoms with Crippen LogP contribution in [0.25, 0.3) is 60.6 Å². The van der Waals surface area contributed by atoms with E-state index in [1.54, 1.807) is 0 Å². The fourth-order valence-electron chi connectivity index (χ4n) is 6.70. The Bertz CT molecular complexity index is 2300. The van der Waals surface area contributed by atoms with E-state index in [9.17, 15) is 0 Å². The lowest BCUT2D eigenvalue weighted by Crippen LogP contribution is -2.08. The highest BCUT2D eigenvalue weighted by Gasteiger charge is 2.12. The van der Waals surface area contributed by atoms with E-state index in [0.29, 0.717) is 0 Å². The predicted octanol–water partition coefficient (Wildman–Crippen LogP) is 13.7. The van der Waals surface area contributed by atoms with Gasteiger partial charge in [-0.05, 0) is 136 Å². The Morgan fingerprint density at radius 1 is 0.479 bits per heavy atom. The Morgan fingerprint density at radius 3 is 1.62 bits per heavy atom. The highest BCUT2D eigenvalue weighted by Crippen LogP contribution is 2.35. The van der Waals surface area contributed by atoms with Gasteiger partial charge in [0.15, 0.2) is 0 Å². The molecule has 0 saturated heterocycles. The van der Waals surface area contributed by atoms with Gasteiger partial charge >= 0.3 is 0 Å². The van der Waals surface area contributed by atoms with E-state index < -0.39 is 0 Å². The summed E-state index contributed by atoms with van der Waals surface area (Å²) in [5, 5.41) is 7.78. The molecule has 1 heteroatoms. The first-order valence-electron chi connectivity index (χ1n) is 17.0. The van der Waals surface area contributed by atoms with Crippen LogP contribution in [0.4, 0.5) is 11.4 Å². The number of benzene rings is 7. The summed E-state index contributed by atoms with van der Waals surface area (Å²) in [5.74, 6) is 0. The molecule has 0 atom stereocenters. The lowest BCUT2D eigenvalue weighted by atomic mass is 9.90. The van der Waals surface area contributed by atoms with Gasteiger partial charge in [0.2, 0.25) is 0 Å². The molecule has 0 amide bonds. The molecule has 0 bridgehead atoms. The summed E-state index contributed by atoms with van der Waals surface area (Å²) in [4.78, 5) is 2.25. The van der Waals surface area contributed by atoms with Crippen molar-refractivity contribution in [2.45, 2.75) is 33.6 Å². The van der Waals surface area contributed by atoms with Crippen LogP contribution in [0.15, 0.2) is 164 Å². The number of allylic oxidation sites excluding steroid dienone is 4. The van der Waals surface area contributed by atoms with Gasteiger partial charge in [0, 0.05) is 17.6 Å². The zero-order valence-electron chi connectivity index (χ0n) is 28.0.